The fourth-order valence-corrected chi connectivity index (χ4v) is 1.18. The Hall–Kier alpha value is -1.84. The lowest BCUT2D eigenvalue weighted by Gasteiger charge is -2.06. The van der Waals surface area contributed by atoms with E-state index in [1.807, 2.05) is 12.1 Å². The zero-order valence-corrected chi connectivity index (χ0v) is 9.54. The summed E-state index contributed by atoms with van der Waals surface area (Å²) in [4.78, 5) is 22.5. The third-order valence-electron chi connectivity index (χ3n) is 2.26. The summed E-state index contributed by atoms with van der Waals surface area (Å²) in [5.74, 6) is -0.511. The lowest BCUT2D eigenvalue weighted by molar-refractivity contribution is -0.121. The summed E-state index contributed by atoms with van der Waals surface area (Å²) in [5, 5.41) is 0. The molecular formula is C12H16N2O2. The average molecular weight is 220 g/mol. The summed E-state index contributed by atoms with van der Waals surface area (Å²) in [6, 6.07) is 7.28. The zero-order chi connectivity index (χ0) is 12.0. The number of carbonyl (C=O) groups excluding carboxylic acids is 2. The van der Waals surface area contributed by atoms with Gasteiger partial charge in [-0.3, -0.25) is 20.4 Å². The Balaban J connectivity index is 2.56. The highest BCUT2D eigenvalue weighted by Gasteiger charge is 2.05. The Morgan fingerprint density at radius 1 is 1.06 bits per heavy atom. The van der Waals surface area contributed by atoms with Gasteiger partial charge in [-0.2, -0.15) is 0 Å². The van der Waals surface area contributed by atoms with Crippen molar-refractivity contribution >= 4 is 11.8 Å². The van der Waals surface area contributed by atoms with E-state index in [4.69, 9.17) is 0 Å². The van der Waals surface area contributed by atoms with Crippen molar-refractivity contribution in [3.63, 3.8) is 0 Å². The molecule has 0 aliphatic carbocycles. The van der Waals surface area contributed by atoms with Gasteiger partial charge in [0.2, 0.25) is 5.91 Å². The molecule has 0 spiro atoms. The van der Waals surface area contributed by atoms with E-state index in [0.29, 0.717) is 12.0 Å². The molecule has 1 rings (SSSR count). The Kier molecular flexibility index (Phi) is 4.51. The van der Waals surface area contributed by atoms with Crippen LogP contribution in [0, 0.1) is 0 Å². The second-order valence-electron chi connectivity index (χ2n) is 3.41. The Morgan fingerprint density at radius 3 is 2.19 bits per heavy atom. The lowest BCUT2D eigenvalue weighted by atomic mass is 10.1. The predicted octanol–water partition coefficient (Wildman–Crippen LogP) is 1.42. The molecule has 0 radical (unpaired) electrons. The van der Waals surface area contributed by atoms with Crippen molar-refractivity contribution in [3.05, 3.63) is 35.4 Å². The Labute approximate surface area is 95.0 Å². The van der Waals surface area contributed by atoms with E-state index in [-0.39, 0.29) is 11.8 Å². The maximum Gasteiger partial charge on any atom is 0.269 e. The molecule has 2 amide bonds. The first-order chi connectivity index (χ1) is 7.67. The van der Waals surface area contributed by atoms with Gasteiger partial charge in [0.15, 0.2) is 0 Å². The first-order valence-electron chi connectivity index (χ1n) is 5.35. The van der Waals surface area contributed by atoms with Crippen molar-refractivity contribution in [2.45, 2.75) is 26.7 Å². The van der Waals surface area contributed by atoms with Gasteiger partial charge >= 0.3 is 0 Å². The molecule has 1 aromatic rings. The van der Waals surface area contributed by atoms with Crippen molar-refractivity contribution < 1.29 is 9.59 Å². The van der Waals surface area contributed by atoms with Crippen LogP contribution >= 0.6 is 0 Å². The van der Waals surface area contributed by atoms with Crippen LogP contribution in [-0.2, 0) is 11.2 Å². The smallest absolute Gasteiger partial charge is 0.269 e. The van der Waals surface area contributed by atoms with Gasteiger partial charge in [0.25, 0.3) is 5.91 Å². The van der Waals surface area contributed by atoms with E-state index in [0.717, 1.165) is 6.42 Å². The highest BCUT2D eigenvalue weighted by atomic mass is 16.2. The van der Waals surface area contributed by atoms with Gasteiger partial charge in [-0.15, -0.1) is 0 Å². The van der Waals surface area contributed by atoms with Crippen molar-refractivity contribution in [1.29, 1.82) is 0 Å². The second kappa shape index (κ2) is 5.90. The molecule has 4 heteroatoms. The van der Waals surface area contributed by atoms with Crippen LogP contribution in [0.2, 0.25) is 0 Å². The first kappa shape index (κ1) is 12.2. The third-order valence-corrected chi connectivity index (χ3v) is 2.26. The number of aryl methyl sites for hydroxylation is 1. The minimum absolute atomic E-state index is 0.210. The summed E-state index contributed by atoms with van der Waals surface area (Å²) in [7, 11) is 0. The van der Waals surface area contributed by atoms with Crippen LogP contribution in [0.3, 0.4) is 0 Å². The maximum absolute atomic E-state index is 11.5. The molecule has 0 aliphatic rings. The van der Waals surface area contributed by atoms with E-state index in [1.165, 1.54) is 5.56 Å². The van der Waals surface area contributed by atoms with E-state index in [9.17, 15) is 9.59 Å². The standard InChI is InChI=1S/C12H16N2O2/c1-3-9-5-7-10(8-6-9)12(16)14-13-11(15)4-2/h5-8H,3-4H2,1-2H3,(H,13,15)(H,14,16). The molecule has 0 saturated heterocycles. The van der Waals surface area contributed by atoms with Crippen molar-refractivity contribution in [3.8, 4) is 0 Å². The number of hydrazine groups is 1. The fraction of sp³-hybridized carbons (Fsp3) is 0.333. The molecule has 86 valence electrons. The number of amides is 2. The van der Waals surface area contributed by atoms with Crippen LogP contribution in [0.5, 0.6) is 0 Å². The molecule has 1 aromatic carbocycles. The highest BCUT2D eigenvalue weighted by Crippen LogP contribution is 2.04. The molecular weight excluding hydrogens is 204 g/mol. The van der Waals surface area contributed by atoms with Crippen molar-refractivity contribution in [2.75, 3.05) is 0 Å². The van der Waals surface area contributed by atoms with E-state index < -0.39 is 0 Å². The van der Waals surface area contributed by atoms with E-state index in [1.54, 1.807) is 19.1 Å². The van der Waals surface area contributed by atoms with Gasteiger partial charge in [0.1, 0.15) is 0 Å². The Bertz CT molecular complexity index is 371. The summed E-state index contributed by atoms with van der Waals surface area (Å²) < 4.78 is 0. The van der Waals surface area contributed by atoms with Crippen molar-refractivity contribution in [1.82, 2.24) is 10.9 Å². The van der Waals surface area contributed by atoms with Gasteiger partial charge in [-0.25, -0.2) is 0 Å². The summed E-state index contributed by atoms with van der Waals surface area (Å²) in [6.07, 6.45) is 1.28. The highest BCUT2D eigenvalue weighted by molar-refractivity contribution is 5.95. The number of hydrogen-bond donors (Lipinski definition) is 2. The number of hydrogen-bond acceptors (Lipinski definition) is 2. The van der Waals surface area contributed by atoms with Crippen LogP contribution < -0.4 is 10.9 Å². The van der Waals surface area contributed by atoms with Crippen LogP contribution in [0.15, 0.2) is 24.3 Å². The molecule has 0 fully saturated rings. The van der Waals surface area contributed by atoms with Gasteiger partial charge < -0.3 is 0 Å². The van der Waals surface area contributed by atoms with Crippen LogP contribution in [-0.4, -0.2) is 11.8 Å². The Morgan fingerprint density at radius 2 is 1.69 bits per heavy atom. The van der Waals surface area contributed by atoms with Gasteiger partial charge in [0, 0.05) is 12.0 Å². The topological polar surface area (TPSA) is 58.2 Å². The van der Waals surface area contributed by atoms with Crippen LogP contribution in [0.1, 0.15) is 36.2 Å². The molecule has 0 aromatic heterocycles. The minimum atomic E-state index is -0.301. The second-order valence-corrected chi connectivity index (χ2v) is 3.41. The SMILES string of the molecule is CCC(=O)NNC(=O)c1ccc(CC)cc1. The summed E-state index contributed by atoms with van der Waals surface area (Å²) >= 11 is 0. The van der Waals surface area contributed by atoms with E-state index >= 15 is 0 Å². The number of rotatable bonds is 3. The van der Waals surface area contributed by atoms with Crippen molar-refractivity contribution in [2.24, 2.45) is 0 Å². The predicted molar refractivity (Wildman–Crippen MR) is 61.7 cm³/mol. The van der Waals surface area contributed by atoms with Gasteiger partial charge in [-0.05, 0) is 24.1 Å². The molecule has 0 unspecified atom stereocenters. The largest absolute Gasteiger partial charge is 0.273 e. The summed E-state index contributed by atoms with van der Waals surface area (Å²) in [6.45, 7) is 3.77. The quantitative estimate of drug-likeness (QED) is 0.757. The molecule has 0 heterocycles. The molecule has 0 bridgehead atoms. The average Bonchev–Trinajstić information content (AvgIpc) is 2.35. The van der Waals surface area contributed by atoms with Gasteiger partial charge in [-0.1, -0.05) is 26.0 Å². The lowest BCUT2D eigenvalue weighted by Crippen LogP contribution is -2.41. The van der Waals surface area contributed by atoms with Crippen LogP contribution in [0.25, 0.3) is 0 Å². The molecule has 4 nitrogen and oxygen atoms in total. The monoisotopic (exact) mass is 220 g/mol. The third kappa shape index (κ3) is 3.38. The fourth-order valence-electron chi connectivity index (χ4n) is 1.18. The minimum Gasteiger partial charge on any atom is -0.273 e. The molecule has 0 aliphatic heterocycles. The summed E-state index contributed by atoms with van der Waals surface area (Å²) in [5.41, 5.74) is 6.38. The molecule has 2 N–H and O–H groups in total. The molecule has 0 saturated carbocycles. The molecule has 16 heavy (non-hydrogen) atoms. The number of benzene rings is 1. The maximum atomic E-state index is 11.5. The zero-order valence-electron chi connectivity index (χ0n) is 9.54. The number of carbonyl (C=O) groups is 2. The van der Waals surface area contributed by atoms with Crippen LogP contribution in [0.4, 0.5) is 0 Å². The number of nitrogens with one attached hydrogen (secondary N) is 2. The van der Waals surface area contributed by atoms with E-state index in [2.05, 4.69) is 17.8 Å². The first-order valence-corrected chi connectivity index (χ1v) is 5.35. The van der Waals surface area contributed by atoms with Gasteiger partial charge in [0.05, 0.1) is 0 Å². The molecule has 0 atom stereocenters. The normalized spacial score (nSPS) is 9.62.